The van der Waals surface area contributed by atoms with Gasteiger partial charge in [0, 0.05) is 25.0 Å². The van der Waals surface area contributed by atoms with Crippen molar-refractivity contribution in [1.29, 1.82) is 0 Å². The first-order valence-corrected chi connectivity index (χ1v) is 8.10. The topological polar surface area (TPSA) is 64.3 Å². The van der Waals surface area contributed by atoms with Crippen LogP contribution in [0.15, 0.2) is 0 Å². The van der Waals surface area contributed by atoms with Gasteiger partial charge in [0.2, 0.25) is 5.91 Å². The molecule has 0 bridgehead atoms. The number of hydrogen-bond donors (Lipinski definition) is 2. The lowest BCUT2D eigenvalue weighted by Crippen LogP contribution is -2.75. The number of hydrogen-bond acceptors (Lipinski definition) is 3. The maximum Gasteiger partial charge on any atom is 0.240 e. The third-order valence-corrected chi connectivity index (χ3v) is 5.55. The minimum atomic E-state index is -0.775. The van der Waals surface area contributed by atoms with Crippen LogP contribution in [0.4, 0.5) is 0 Å². The Morgan fingerprint density at radius 1 is 1.33 bits per heavy atom. The molecule has 0 aromatic carbocycles. The average Bonchev–Trinajstić information content (AvgIpc) is 2.91. The van der Waals surface area contributed by atoms with Crippen molar-refractivity contribution in [1.82, 2.24) is 5.32 Å². The minimum absolute atomic E-state index is 0. The summed E-state index contributed by atoms with van der Waals surface area (Å²) in [4.78, 5) is 12.4. The van der Waals surface area contributed by atoms with E-state index in [2.05, 4.69) is 5.32 Å². The molecule has 2 fully saturated rings. The summed E-state index contributed by atoms with van der Waals surface area (Å²) in [6.07, 6.45) is 7.16. The van der Waals surface area contributed by atoms with Gasteiger partial charge in [-0.2, -0.15) is 0 Å². The molecule has 2 aliphatic carbocycles. The van der Waals surface area contributed by atoms with Gasteiger partial charge in [-0.25, -0.2) is 0 Å². The van der Waals surface area contributed by atoms with Crippen molar-refractivity contribution in [3.63, 3.8) is 0 Å². The second kappa shape index (κ2) is 7.30. The van der Waals surface area contributed by atoms with E-state index in [1.54, 1.807) is 0 Å². The SMILES string of the molecule is CCOC1CC(N)(C(=O)NCCC2CCCC2)C1(C)C.Cl. The van der Waals surface area contributed by atoms with Gasteiger partial charge < -0.3 is 15.8 Å². The van der Waals surface area contributed by atoms with E-state index in [1.165, 1.54) is 25.7 Å². The fourth-order valence-corrected chi connectivity index (χ4v) is 3.67. The molecule has 0 saturated heterocycles. The molecule has 0 heterocycles. The van der Waals surface area contributed by atoms with Crippen LogP contribution >= 0.6 is 12.4 Å². The van der Waals surface area contributed by atoms with E-state index >= 15 is 0 Å². The highest BCUT2D eigenvalue weighted by atomic mass is 35.5. The summed E-state index contributed by atoms with van der Waals surface area (Å²) in [6, 6.07) is 0. The number of rotatable bonds is 6. The van der Waals surface area contributed by atoms with Crippen LogP contribution in [-0.2, 0) is 9.53 Å². The van der Waals surface area contributed by atoms with Crippen molar-refractivity contribution in [3.8, 4) is 0 Å². The van der Waals surface area contributed by atoms with Crippen molar-refractivity contribution in [2.45, 2.75) is 70.9 Å². The molecule has 4 nitrogen and oxygen atoms in total. The third-order valence-electron chi connectivity index (χ3n) is 5.55. The monoisotopic (exact) mass is 318 g/mol. The lowest BCUT2D eigenvalue weighted by atomic mass is 9.54. The normalized spacial score (nSPS) is 31.3. The second-order valence-corrected chi connectivity index (χ2v) is 7.04. The van der Waals surface area contributed by atoms with Gasteiger partial charge in [-0.3, -0.25) is 4.79 Å². The fourth-order valence-electron chi connectivity index (χ4n) is 3.67. The number of carbonyl (C=O) groups is 1. The molecule has 3 N–H and O–H groups in total. The molecule has 2 unspecified atom stereocenters. The lowest BCUT2D eigenvalue weighted by molar-refractivity contribution is -0.170. The molecule has 0 aromatic rings. The molecular formula is C16H31ClN2O2. The van der Waals surface area contributed by atoms with E-state index in [0.717, 1.165) is 18.9 Å². The summed E-state index contributed by atoms with van der Waals surface area (Å²) in [5.74, 6) is 0.797. The largest absolute Gasteiger partial charge is 0.378 e. The molecule has 21 heavy (non-hydrogen) atoms. The Hall–Kier alpha value is -0.320. The molecule has 0 spiro atoms. The minimum Gasteiger partial charge on any atom is -0.378 e. The molecule has 1 amide bonds. The molecule has 5 heteroatoms. The van der Waals surface area contributed by atoms with Crippen LogP contribution in [0.1, 0.15) is 59.3 Å². The molecule has 2 aliphatic rings. The molecule has 2 rings (SSSR count). The summed E-state index contributed by atoms with van der Waals surface area (Å²) in [5.41, 5.74) is 5.28. The highest BCUT2D eigenvalue weighted by Crippen LogP contribution is 2.49. The fraction of sp³-hybridized carbons (Fsp3) is 0.938. The van der Waals surface area contributed by atoms with Crippen molar-refractivity contribution >= 4 is 18.3 Å². The van der Waals surface area contributed by atoms with Crippen molar-refractivity contribution in [2.75, 3.05) is 13.2 Å². The predicted molar refractivity (Wildman–Crippen MR) is 87.6 cm³/mol. The van der Waals surface area contributed by atoms with Crippen LogP contribution in [0, 0.1) is 11.3 Å². The zero-order valence-electron chi connectivity index (χ0n) is 13.6. The van der Waals surface area contributed by atoms with E-state index < -0.39 is 5.54 Å². The Morgan fingerprint density at radius 2 is 1.95 bits per heavy atom. The van der Waals surface area contributed by atoms with Crippen LogP contribution in [0.5, 0.6) is 0 Å². The molecular weight excluding hydrogens is 288 g/mol. The van der Waals surface area contributed by atoms with E-state index in [9.17, 15) is 4.79 Å². The second-order valence-electron chi connectivity index (χ2n) is 7.04. The van der Waals surface area contributed by atoms with E-state index in [-0.39, 0.29) is 29.8 Å². The van der Waals surface area contributed by atoms with Gasteiger partial charge in [-0.1, -0.05) is 39.5 Å². The summed E-state index contributed by atoms with van der Waals surface area (Å²) in [7, 11) is 0. The van der Waals surface area contributed by atoms with Gasteiger partial charge in [0.05, 0.1) is 6.10 Å². The molecule has 0 aliphatic heterocycles. The predicted octanol–water partition coefficient (Wildman–Crippen LogP) is 2.64. The van der Waals surface area contributed by atoms with Gasteiger partial charge >= 0.3 is 0 Å². The quantitative estimate of drug-likeness (QED) is 0.791. The number of nitrogens with one attached hydrogen (secondary N) is 1. The molecule has 0 radical (unpaired) electrons. The Balaban J connectivity index is 0.00000220. The van der Waals surface area contributed by atoms with Gasteiger partial charge in [0.15, 0.2) is 0 Å². The molecule has 0 aromatic heterocycles. The zero-order valence-corrected chi connectivity index (χ0v) is 14.4. The average molecular weight is 319 g/mol. The molecule has 124 valence electrons. The Bertz CT molecular complexity index is 356. The van der Waals surface area contributed by atoms with Crippen molar-refractivity contribution < 1.29 is 9.53 Å². The number of amides is 1. The smallest absolute Gasteiger partial charge is 0.240 e. The summed E-state index contributed by atoms with van der Waals surface area (Å²) in [6.45, 7) is 7.49. The molecule has 2 saturated carbocycles. The van der Waals surface area contributed by atoms with E-state index in [1.807, 2.05) is 20.8 Å². The summed E-state index contributed by atoms with van der Waals surface area (Å²) in [5, 5.41) is 3.05. The zero-order chi connectivity index (χ0) is 14.8. The van der Waals surface area contributed by atoms with Gasteiger partial charge in [0.25, 0.3) is 0 Å². The van der Waals surface area contributed by atoms with Crippen LogP contribution in [0.25, 0.3) is 0 Å². The molecule has 2 atom stereocenters. The van der Waals surface area contributed by atoms with Gasteiger partial charge in [0.1, 0.15) is 5.54 Å². The van der Waals surface area contributed by atoms with Crippen molar-refractivity contribution in [2.24, 2.45) is 17.1 Å². The summed E-state index contributed by atoms with van der Waals surface area (Å²) >= 11 is 0. The number of carbonyl (C=O) groups excluding carboxylic acids is 1. The highest BCUT2D eigenvalue weighted by Gasteiger charge is 2.62. The van der Waals surface area contributed by atoms with Crippen LogP contribution in [-0.4, -0.2) is 30.7 Å². The first-order chi connectivity index (χ1) is 9.41. The van der Waals surface area contributed by atoms with Gasteiger partial charge in [-0.05, 0) is 19.3 Å². The summed E-state index contributed by atoms with van der Waals surface area (Å²) < 4.78 is 5.66. The Labute approximate surface area is 135 Å². The third kappa shape index (κ3) is 3.54. The first-order valence-electron chi connectivity index (χ1n) is 8.10. The van der Waals surface area contributed by atoms with Crippen LogP contribution < -0.4 is 11.1 Å². The van der Waals surface area contributed by atoms with E-state index in [4.69, 9.17) is 10.5 Å². The van der Waals surface area contributed by atoms with E-state index in [0.29, 0.717) is 13.0 Å². The van der Waals surface area contributed by atoms with Crippen molar-refractivity contribution in [3.05, 3.63) is 0 Å². The Kier molecular flexibility index (Phi) is 6.51. The number of halogens is 1. The standard InChI is InChI=1S/C16H30N2O2.ClH/c1-4-20-13-11-16(17,15(13,2)3)14(19)18-10-9-12-7-5-6-8-12;/h12-13H,4-11,17H2,1-3H3,(H,18,19);1H. The highest BCUT2D eigenvalue weighted by molar-refractivity contribution is 5.88. The maximum absolute atomic E-state index is 12.4. The van der Waals surface area contributed by atoms with Crippen LogP contribution in [0.3, 0.4) is 0 Å². The lowest BCUT2D eigenvalue weighted by Gasteiger charge is -2.57. The Morgan fingerprint density at radius 3 is 2.48 bits per heavy atom. The maximum atomic E-state index is 12.4. The number of nitrogens with two attached hydrogens (primary N) is 1. The first kappa shape index (κ1) is 18.7. The number of ether oxygens (including phenoxy) is 1. The van der Waals surface area contributed by atoms with Gasteiger partial charge in [-0.15, -0.1) is 12.4 Å². The van der Waals surface area contributed by atoms with Crippen LogP contribution in [0.2, 0.25) is 0 Å².